The van der Waals surface area contributed by atoms with Gasteiger partial charge in [-0.25, -0.2) is 4.79 Å². The second-order valence-corrected chi connectivity index (χ2v) is 5.86. The fourth-order valence-electron chi connectivity index (χ4n) is 2.86. The Morgan fingerprint density at radius 3 is 2.57 bits per heavy atom. The predicted octanol–water partition coefficient (Wildman–Crippen LogP) is 0.717. The highest BCUT2D eigenvalue weighted by Gasteiger charge is 2.36. The number of benzene rings is 1. The lowest BCUT2D eigenvalue weighted by molar-refractivity contribution is 0.0948. The van der Waals surface area contributed by atoms with Crippen molar-refractivity contribution in [2.24, 2.45) is 11.8 Å². The summed E-state index contributed by atoms with van der Waals surface area (Å²) >= 11 is 0. The van der Waals surface area contributed by atoms with E-state index in [0.29, 0.717) is 28.5 Å². The second kappa shape index (κ2) is 6.34. The van der Waals surface area contributed by atoms with Crippen LogP contribution in [-0.2, 0) is 6.54 Å². The van der Waals surface area contributed by atoms with Gasteiger partial charge in [0, 0.05) is 31.0 Å². The van der Waals surface area contributed by atoms with Crippen LogP contribution in [0.2, 0.25) is 0 Å². The van der Waals surface area contributed by atoms with E-state index in [1.165, 1.54) is 16.8 Å². The summed E-state index contributed by atoms with van der Waals surface area (Å²) in [5, 5.41) is 8.94. The molecule has 1 aromatic carbocycles. The molecule has 3 rings (SSSR count). The van der Waals surface area contributed by atoms with E-state index in [0.717, 1.165) is 12.8 Å². The van der Waals surface area contributed by atoms with Gasteiger partial charge in [0.1, 0.15) is 0 Å². The van der Waals surface area contributed by atoms with Crippen LogP contribution in [0.5, 0.6) is 0 Å². The molecule has 1 aliphatic rings. The lowest BCUT2D eigenvalue weighted by atomic mass is 10.2. The maximum atomic E-state index is 12.5. The molecule has 0 aliphatic heterocycles. The number of aliphatic hydroxyl groups is 1. The first-order chi connectivity index (χ1) is 11.1. The summed E-state index contributed by atoms with van der Waals surface area (Å²) < 4.78 is 2.09. The third-order valence-corrected chi connectivity index (χ3v) is 4.28. The number of carbonyl (C=O) groups excluding carboxylic acids is 1. The molecule has 0 spiro atoms. The van der Waals surface area contributed by atoms with Gasteiger partial charge in [-0.1, -0.05) is 18.2 Å². The van der Waals surface area contributed by atoms with Gasteiger partial charge in [-0.15, -0.1) is 0 Å². The zero-order valence-corrected chi connectivity index (χ0v) is 12.6. The molecular weight excluding hydrogens is 296 g/mol. The summed E-state index contributed by atoms with van der Waals surface area (Å²) in [5.74, 6) is 0.118. The fourth-order valence-corrected chi connectivity index (χ4v) is 2.86. The van der Waals surface area contributed by atoms with E-state index in [9.17, 15) is 14.4 Å². The van der Waals surface area contributed by atoms with Crippen molar-refractivity contribution in [3.63, 3.8) is 0 Å². The predicted molar refractivity (Wildman–Crippen MR) is 84.4 cm³/mol. The van der Waals surface area contributed by atoms with Crippen LogP contribution in [0.4, 0.5) is 0 Å². The van der Waals surface area contributed by atoms with Crippen molar-refractivity contribution >= 4 is 5.91 Å². The molecule has 1 saturated carbocycles. The molecule has 0 unspecified atom stereocenters. The highest BCUT2D eigenvalue weighted by Crippen LogP contribution is 2.41. The molecule has 120 valence electrons. The van der Waals surface area contributed by atoms with Gasteiger partial charge in [0.2, 0.25) is 0 Å². The van der Waals surface area contributed by atoms with E-state index in [1.54, 1.807) is 30.3 Å². The van der Waals surface area contributed by atoms with Crippen LogP contribution in [0.1, 0.15) is 23.2 Å². The zero-order chi connectivity index (χ0) is 16.4. The van der Waals surface area contributed by atoms with E-state index in [4.69, 9.17) is 5.11 Å². The summed E-state index contributed by atoms with van der Waals surface area (Å²) in [4.78, 5) is 36.9. The van der Waals surface area contributed by atoms with Crippen molar-refractivity contribution in [1.82, 2.24) is 9.13 Å². The van der Waals surface area contributed by atoms with Crippen molar-refractivity contribution in [2.45, 2.75) is 19.4 Å². The highest BCUT2D eigenvalue weighted by molar-refractivity contribution is 5.95. The van der Waals surface area contributed by atoms with E-state index in [1.807, 2.05) is 0 Å². The largest absolute Gasteiger partial charge is 0.396 e. The number of aliphatic hydroxyl groups excluding tert-OH is 1. The average molecular weight is 314 g/mol. The number of rotatable bonds is 5. The number of hydrogen-bond acceptors (Lipinski definition) is 4. The van der Waals surface area contributed by atoms with Crippen molar-refractivity contribution < 1.29 is 9.90 Å². The molecule has 0 radical (unpaired) electrons. The standard InChI is InChI=1S/C17H18N2O4/c20-9-7-13-10-14(13)11-18-8-6-15(21)19(17(18)23)16(22)12-4-2-1-3-5-12/h1-6,8,13-14,20H,7,9-11H2/t13-,14-/m0/s1. The van der Waals surface area contributed by atoms with Crippen LogP contribution in [0.15, 0.2) is 52.2 Å². The monoisotopic (exact) mass is 314 g/mol. The Labute approximate surface area is 132 Å². The van der Waals surface area contributed by atoms with Gasteiger partial charge >= 0.3 is 5.69 Å². The summed E-state index contributed by atoms with van der Waals surface area (Å²) in [6.45, 7) is 0.605. The molecule has 1 heterocycles. The lowest BCUT2D eigenvalue weighted by Crippen LogP contribution is -2.43. The fraction of sp³-hybridized carbons (Fsp3) is 0.353. The molecule has 1 fully saturated rings. The maximum absolute atomic E-state index is 12.5. The minimum absolute atomic E-state index is 0.141. The Kier molecular flexibility index (Phi) is 4.25. The summed E-state index contributed by atoms with van der Waals surface area (Å²) in [6.07, 6.45) is 3.12. The molecule has 2 atom stereocenters. The molecule has 6 nitrogen and oxygen atoms in total. The minimum Gasteiger partial charge on any atom is -0.396 e. The zero-order valence-electron chi connectivity index (χ0n) is 12.6. The van der Waals surface area contributed by atoms with Gasteiger partial charge in [0.25, 0.3) is 11.5 Å². The quantitative estimate of drug-likeness (QED) is 0.881. The van der Waals surface area contributed by atoms with Gasteiger partial charge in [0.15, 0.2) is 0 Å². The Balaban J connectivity index is 1.90. The summed E-state index contributed by atoms with van der Waals surface area (Å²) in [7, 11) is 0. The van der Waals surface area contributed by atoms with Crippen molar-refractivity contribution in [3.05, 3.63) is 69.0 Å². The maximum Gasteiger partial charge on any atom is 0.338 e. The highest BCUT2D eigenvalue weighted by atomic mass is 16.3. The van der Waals surface area contributed by atoms with Crippen LogP contribution in [0.3, 0.4) is 0 Å². The second-order valence-electron chi connectivity index (χ2n) is 5.86. The van der Waals surface area contributed by atoms with Crippen LogP contribution in [0, 0.1) is 11.8 Å². The Morgan fingerprint density at radius 1 is 1.13 bits per heavy atom. The first kappa shape index (κ1) is 15.4. The third-order valence-electron chi connectivity index (χ3n) is 4.28. The molecule has 0 amide bonds. The minimum atomic E-state index is -0.622. The van der Waals surface area contributed by atoms with E-state index >= 15 is 0 Å². The average Bonchev–Trinajstić information content (AvgIpc) is 3.29. The smallest absolute Gasteiger partial charge is 0.338 e. The van der Waals surface area contributed by atoms with E-state index < -0.39 is 17.2 Å². The molecule has 0 bridgehead atoms. The molecule has 23 heavy (non-hydrogen) atoms. The van der Waals surface area contributed by atoms with Gasteiger partial charge in [-0.3, -0.25) is 14.2 Å². The van der Waals surface area contributed by atoms with Crippen molar-refractivity contribution in [1.29, 1.82) is 0 Å². The molecule has 6 heteroatoms. The number of aromatic nitrogens is 2. The summed E-state index contributed by atoms with van der Waals surface area (Å²) in [6, 6.07) is 9.52. The Bertz CT molecular complexity index is 822. The van der Waals surface area contributed by atoms with Crippen LogP contribution < -0.4 is 11.2 Å². The van der Waals surface area contributed by atoms with Gasteiger partial charge in [-0.05, 0) is 36.8 Å². The van der Waals surface area contributed by atoms with Crippen LogP contribution in [0.25, 0.3) is 0 Å². The number of hydrogen-bond donors (Lipinski definition) is 1. The molecule has 1 aromatic heterocycles. The third kappa shape index (κ3) is 3.17. The Morgan fingerprint density at radius 2 is 1.87 bits per heavy atom. The topological polar surface area (TPSA) is 81.3 Å². The van der Waals surface area contributed by atoms with Gasteiger partial charge in [0.05, 0.1) is 0 Å². The van der Waals surface area contributed by atoms with Crippen LogP contribution >= 0.6 is 0 Å². The molecule has 1 aliphatic carbocycles. The van der Waals surface area contributed by atoms with Crippen LogP contribution in [-0.4, -0.2) is 26.8 Å². The SMILES string of the molecule is O=C(c1ccccc1)n1c(=O)ccn(C[C@@H]2C[C@@H]2CCO)c1=O. The molecule has 1 N–H and O–H groups in total. The molecule has 2 aromatic rings. The van der Waals surface area contributed by atoms with Crippen molar-refractivity contribution in [3.8, 4) is 0 Å². The van der Waals surface area contributed by atoms with E-state index in [2.05, 4.69) is 0 Å². The lowest BCUT2D eigenvalue weighted by Gasteiger charge is -2.09. The summed E-state index contributed by atoms with van der Waals surface area (Å²) in [5.41, 5.74) is -0.933. The molecule has 0 saturated heterocycles. The van der Waals surface area contributed by atoms with Gasteiger partial charge in [-0.2, -0.15) is 4.57 Å². The number of nitrogens with zero attached hydrogens (tertiary/aromatic N) is 2. The first-order valence-corrected chi connectivity index (χ1v) is 7.65. The van der Waals surface area contributed by atoms with Crippen molar-refractivity contribution in [2.75, 3.05) is 6.61 Å². The van der Waals surface area contributed by atoms with E-state index in [-0.39, 0.29) is 6.61 Å². The first-order valence-electron chi connectivity index (χ1n) is 7.65. The Hall–Kier alpha value is -2.47. The normalized spacial score (nSPS) is 19.5. The number of carbonyl (C=O) groups is 1. The van der Waals surface area contributed by atoms with Gasteiger partial charge < -0.3 is 5.11 Å². The molecular formula is C17H18N2O4.